The molecule has 1 aliphatic heterocycles. The van der Waals surface area contributed by atoms with Crippen LogP contribution >= 0.6 is 0 Å². The molecule has 76 valence electrons. The summed E-state index contributed by atoms with van der Waals surface area (Å²) in [5.41, 5.74) is 0. The molecule has 0 spiro atoms. The van der Waals surface area contributed by atoms with E-state index in [0.717, 1.165) is 13.8 Å². The van der Waals surface area contributed by atoms with E-state index in [4.69, 9.17) is 0 Å². The smallest absolute Gasteiger partial charge is 0.273 e. The standard InChI is InChI=1S/C7H10N3O4/c1-4-7(13)8(5(2)11)9(6(3)12)10(4)14/h4H,1-3H3/q+1. The van der Waals surface area contributed by atoms with Gasteiger partial charge in [-0.3, -0.25) is 14.4 Å². The van der Waals surface area contributed by atoms with Crippen LogP contribution in [0.15, 0.2) is 0 Å². The van der Waals surface area contributed by atoms with E-state index >= 15 is 0 Å². The quantitative estimate of drug-likeness (QED) is 0.480. The van der Waals surface area contributed by atoms with E-state index in [1.807, 2.05) is 0 Å². The van der Waals surface area contributed by atoms with Crippen molar-refractivity contribution in [2.45, 2.75) is 26.8 Å². The third kappa shape index (κ3) is 1.26. The highest BCUT2D eigenvalue weighted by Crippen LogP contribution is 2.15. The fourth-order valence-corrected chi connectivity index (χ4v) is 1.19. The summed E-state index contributed by atoms with van der Waals surface area (Å²) in [4.78, 5) is 44.8. The number of hydrogen-bond donors (Lipinski definition) is 0. The molecule has 0 saturated carbocycles. The molecule has 1 rings (SSSR count). The van der Waals surface area contributed by atoms with Gasteiger partial charge in [0.15, 0.2) is 4.87 Å². The van der Waals surface area contributed by atoms with Crippen LogP contribution in [-0.2, 0) is 14.4 Å². The van der Waals surface area contributed by atoms with E-state index in [-0.39, 0.29) is 4.87 Å². The summed E-state index contributed by atoms with van der Waals surface area (Å²) in [6.07, 6.45) is 0. The first kappa shape index (κ1) is 10.3. The first-order valence-electron chi connectivity index (χ1n) is 3.99. The highest BCUT2D eigenvalue weighted by molar-refractivity contribution is 5.98. The third-order valence-corrected chi connectivity index (χ3v) is 1.85. The van der Waals surface area contributed by atoms with Gasteiger partial charge in [-0.2, -0.15) is 0 Å². The van der Waals surface area contributed by atoms with Crippen molar-refractivity contribution in [3.63, 3.8) is 0 Å². The molecule has 0 radical (unpaired) electrons. The Labute approximate surface area is 79.8 Å². The fourth-order valence-electron chi connectivity index (χ4n) is 1.19. The Morgan fingerprint density at radius 3 is 2.07 bits per heavy atom. The molecule has 0 N–H and O–H groups in total. The Hall–Kier alpha value is -1.79. The number of nitroso groups, excluding NO2 is 1. The van der Waals surface area contributed by atoms with Crippen molar-refractivity contribution in [3.05, 3.63) is 4.91 Å². The average Bonchev–Trinajstić information content (AvgIpc) is 2.29. The predicted molar refractivity (Wildman–Crippen MR) is 43.1 cm³/mol. The molecule has 7 nitrogen and oxygen atoms in total. The number of rotatable bonds is 0. The predicted octanol–water partition coefficient (Wildman–Crippen LogP) is -0.779. The normalized spacial score (nSPS) is 21.8. The van der Waals surface area contributed by atoms with Crippen LogP contribution in [0.4, 0.5) is 0 Å². The van der Waals surface area contributed by atoms with Gasteiger partial charge in [-0.05, 0) is 0 Å². The molecule has 1 heterocycles. The van der Waals surface area contributed by atoms with E-state index < -0.39 is 23.8 Å². The summed E-state index contributed by atoms with van der Waals surface area (Å²) in [7, 11) is 0. The molecule has 3 amide bonds. The Bertz CT molecular complexity index is 306. The number of imide groups is 1. The largest absolute Gasteiger partial charge is 0.329 e. The number of hydrogen-bond acceptors (Lipinski definition) is 4. The lowest BCUT2D eigenvalue weighted by Gasteiger charge is -2.12. The van der Waals surface area contributed by atoms with Gasteiger partial charge in [-0.1, -0.05) is 0 Å². The molecule has 1 fully saturated rings. The first-order valence-corrected chi connectivity index (χ1v) is 3.99. The van der Waals surface area contributed by atoms with E-state index in [1.54, 1.807) is 0 Å². The average molecular weight is 200 g/mol. The zero-order valence-corrected chi connectivity index (χ0v) is 8.05. The fraction of sp³-hybridized carbons (Fsp3) is 0.571. The van der Waals surface area contributed by atoms with Gasteiger partial charge in [0.25, 0.3) is 0 Å². The van der Waals surface area contributed by atoms with Crippen molar-refractivity contribution in [1.82, 2.24) is 10.1 Å². The molecular weight excluding hydrogens is 190 g/mol. The number of amides is 3. The van der Waals surface area contributed by atoms with Crippen LogP contribution < -0.4 is 0 Å². The summed E-state index contributed by atoms with van der Waals surface area (Å²) in [5, 5.41) is 1.04. The van der Waals surface area contributed by atoms with Crippen LogP contribution in [0.5, 0.6) is 0 Å². The lowest BCUT2D eigenvalue weighted by molar-refractivity contribution is -0.708. The minimum Gasteiger partial charge on any atom is -0.273 e. The van der Waals surface area contributed by atoms with Crippen LogP contribution in [-0.4, -0.2) is 38.8 Å². The topological polar surface area (TPSA) is 77.8 Å². The summed E-state index contributed by atoms with van der Waals surface area (Å²) in [5.74, 6) is -2.02. The van der Waals surface area contributed by atoms with Gasteiger partial charge in [0.05, 0.1) is 4.91 Å². The molecule has 1 unspecified atom stereocenters. The van der Waals surface area contributed by atoms with Gasteiger partial charge < -0.3 is 0 Å². The highest BCUT2D eigenvalue weighted by Gasteiger charge is 2.55. The molecule has 1 aliphatic rings. The van der Waals surface area contributed by atoms with Gasteiger partial charge in [-0.15, -0.1) is 5.01 Å². The van der Waals surface area contributed by atoms with Crippen LogP contribution in [0.1, 0.15) is 20.8 Å². The van der Waals surface area contributed by atoms with Crippen molar-refractivity contribution >= 4 is 17.7 Å². The monoisotopic (exact) mass is 200 g/mol. The van der Waals surface area contributed by atoms with Crippen molar-refractivity contribution in [3.8, 4) is 0 Å². The molecule has 0 aromatic carbocycles. The van der Waals surface area contributed by atoms with Crippen molar-refractivity contribution in [2.24, 2.45) is 0 Å². The van der Waals surface area contributed by atoms with Gasteiger partial charge >= 0.3 is 17.9 Å². The second kappa shape index (κ2) is 3.17. The van der Waals surface area contributed by atoms with Gasteiger partial charge in [-0.25, -0.2) is 0 Å². The molecular formula is C7H10N3O4+. The van der Waals surface area contributed by atoms with Crippen molar-refractivity contribution in [1.29, 1.82) is 0 Å². The van der Waals surface area contributed by atoms with E-state index in [9.17, 15) is 19.3 Å². The molecule has 0 aliphatic carbocycles. The van der Waals surface area contributed by atoms with E-state index in [0.29, 0.717) is 10.1 Å². The molecule has 1 atom stereocenters. The van der Waals surface area contributed by atoms with Crippen LogP contribution in [0.3, 0.4) is 0 Å². The zero-order valence-electron chi connectivity index (χ0n) is 8.05. The summed E-state index contributed by atoms with van der Waals surface area (Å²) in [6, 6.07) is -1.04. The van der Waals surface area contributed by atoms with Crippen molar-refractivity contribution in [2.75, 3.05) is 0 Å². The number of carbonyl (C=O) groups excluding carboxylic acids is 3. The Morgan fingerprint density at radius 1 is 1.29 bits per heavy atom. The maximum atomic E-state index is 11.3. The maximum absolute atomic E-state index is 11.3. The maximum Gasteiger partial charge on any atom is 0.329 e. The Balaban J connectivity index is 3.14. The highest BCUT2D eigenvalue weighted by atomic mass is 16.4. The van der Waals surface area contributed by atoms with Gasteiger partial charge in [0.1, 0.15) is 0 Å². The van der Waals surface area contributed by atoms with Crippen molar-refractivity contribution < 1.29 is 19.3 Å². The lowest BCUT2D eigenvalue weighted by Crippen LogP contribution is -2.46. The minimum absolute atomic E-state index is 0.187. The molecule has 7 heteroatoms. The molecule has 1 saturated heterocycles. The van der Waals surface area contributed by atoms with Gasteiger partial charge in [0.2, 0.25) is 5.91 Å². The third-order valence-electron chi connectivity index (χ3n) is 1.85. The second-order valence-electron chi connectivity index (χ2n) is 2.96. The lowest BCUT2D eigenvalue weighted by atomic mass is 10.3. The number of nitrogens with zero attached hydrogens (tertiary/aromatic N) is 3. The van der Waals surface area contributed by atoms with E-state index in [2.05, 4.69) is 0 Å². The molecule has 14 heavy (non-hydrogen) atoms. The van der Waals surface area contributed by atoms with Gasteiger partial charge in [0, 0.05) is 25.9 Å². The van der Waals surface area contributed by atoms with Crippen LogP contribution in [0.25, 0.3) is 0 Å². The Kier molecular flexibility index (Phi) is 2.33. The first-order chi connectivity index (χ1) is 6.37. The summed E-state index contributed by atoms with van der Waals surface area (Å²) >= 11 is 0. The zero-order chi connectivity index (χ0) is 11.0. The summed E-state index contributed by atoms with van der Waals surface area (Å²) < 4.78 is 0. The Morgan fingerprint density at radius 2 is 1.79 bits per heavy atom. The number of carbonyl (C=O) groups is 3. The SMILES string of the molecule is CC(=O)N1C(=O)C(C)[N+](=O)N1C(C)=O. The van der Waals surface area contributed by atoms with E-state index in [1.165, 1.54) is 6.92 Å². The molecule has 0 aromatic rings. The van der Waals surface area contributed by atoms with Crippen LogP contribution in [0, 0.1) is 4.91 Å². The van der Waals surface area contributed by atoms with Crippen LogP contribution in [0.2, 0.25) is 0 Å². The molecule has 0 aromatic heterocycles. The number of hydrazine groups is 2. The minimum atomic E-state index is -1.04. The molecule has 0 bridgehead atoms. The summed E-state index contributed by atoms with van der Waals surface area (Å²) in [6.45, 7) is 3.54. The second-order valence-corrected chi connectivity index (χ2v) is 2.96.